The van der Waals surface area contributed by atoms with Gasteiger partial charge in [-0.3, -0.25) is 4.79 Å². The monoisotopic (exact) mass is 369 g/mol. The number of para-hydroxylation sites is 1. The van der Waals surface area contributed by atoms with Crippen molar-refractivity contribution in [3.63, 3.8) is 0 Å². The SMILES string of the molecule is CC1CN(c2ccc(CNC(=O)c3cccc4c3OCCO4)cn2)CCO1. The Morgan fingerprint density at radius 1 is 1.22 bits per heavy atom. The van der Waals surface area contributed by atoms with Gasteiger partial charge in [0.15, 0.2) is 11.5 Å². The Morgan fingerprint density at radius 2 is 2.11 bits per heavy atom. The summed E-state index contributed by atoms with van der Waals surface area (Å²) >= 11 is 0. The highest BCUT2D eigenvalue weighted by atomic mass is 16.6. The summed E-state index contributed by atoms with van der Waals surface area (Å²) in [5, 5.41) is 2.92. The van der Waals surface area contributed by atoms with E-state index >= 15 is 0 Å². The smallest absolute Gasteiger partial charge is 0.255 e. The van der Waals surface area contributed by atoms with Gasteiger partial charge in [-0.2, -0.15) is 0 Å². The molecule has 1 amide bonds. The Morgan fingerprint density at radius 3 is 2.93 bits per heavy atom. The number of carbonyl (C=O) groups excluding carboxylic acids is 1. The summed E-state index contributed by atoms with van der Waals surface area (Å²) in [5.41, 5.74) is 1.43. The predicted molar refractivity (Wildman–Crippen MR) is 100 cm³/mol. The standard InChI is InChI=1S/C20H23N3O4/c1-14-13-23(7-8-25-14)18-6-5-15(11-21-18)12-22-20(24)16-3-2-4-17-19(16)27-10-9-26-17/h2-6,11,14H,7-10,12-13H2,1H3,(H,22,24). The zero-order valence-electron chi connectivity index (χ0n) is 15.3. The number of hydrogen-bond donors (Lipinski definition) is 1. The van der Waals surface area contributed by atoms with Gasteiger partial charge in [-0.1, -0.05) is 12.1 Å². The molecule has 1 saturated heterocycles. The molecule has 7 nitrogen and oxygen atoms in total. The molecule has 4 rings (SSSR count). The van der Waals surface area contributed by atoms with Crippen LogP contribution in [0, 0.1) is 0 Å². The number of nitrogens with one attached hydrogen (secondary N) is 1. The normalized spacial score (nSPS) is 18.9. The van der Waals surface area contributed by atoms with Crippen LogP contribution in [0.4, 0.5) is 5.82 Å². The maximum atomic E-state index is 12.6. The van der Waals surface area contributed by atoms with Crippen LogP contribution in [0.3, 0.4) is 0 Å². The van der Waals surface area contributed by atoms with Gasteiger partial charge in [-0.25, -0.2) is 4.98 Å². The summed E-state index contributed by atoms with van der Waals surface area (Å²) in [7, 11) is 0. The molecule has 2 aliphatic heterocycles. The molecule has 3 heterocycles. The van der Waals surface area contributed by atoms with E-state index in [0.29, 0.717) is 43.4 Å². The van der Waals surface area contributed by atoms with Crippen molar-refractivity contribution in [1.82, 2.24) is 10.3 Å². The van der Waals surface area contributed by atoms with Crippen molar-refractivity contribution < 1.29 is 19.0 Å². The quantitative estimate of drug-likeness (QED) is 0.889. The Hall–Kier alpha value is -2.80. The Bertz CT molecular complexity index is 809. The van der Waals surface area contributed by atoms with E-state index in [2.05, 4.69) is 22.1 Å². The second-order valence-corrected chi connectivity index (χ2v) is 6.66. The number of amides is 1. The van der Waals surface area contributed by atoms with Crippen molar-refractivity contribution in [2.24, 2.45) is 0 Å². The van der Waals surface area contributed by atoms with Crippen LogP contribution in [0.2, 0.25) is 0 Å². The molecule has 2 aliphatic rings. The zero-order valence-corrected chi connectivity index (χ0v) is 15.3. The van der Waals surface area contributed by atoms with E-state index in [0.717, 1.165) is 24.5 Å². The number of morpholine rings is 1. The van der Waals surface area contributed by atoms with Crippen LogP contribution in [0.15, 0.2) is 36.5 Å². The van der Waals surface area contributed by atoms with Crippen molar-refractivity contribution in [3.05, 3.63) is 47.7 Å². The molecule has 0 saturated carbocycles. The van der Waals surface area contributed by atoms with Crippen molar-refractivity contribution in [2.75, 3.05) is 37.8 Å². The second kappa shape index (κ2) is 7.84. The van der Waals surface area contributed by atoms with Gasteiger partial charge in [0, 0.05) is 25.8 Å². The molecule has 0 bridgehead atoms. The third kappa shape index (κ3) is 3.98. The number of fused-ring (bicyclic) bond motifs is 1. The van der Waals surface area contributed by atoms with Crippen LogP contribution in [-0.2, 0) is 11.3 Å². The summed E-state index contributed by atoms with van der Waals surface area (Å²) < 4.78 is 16.7. The minimum absolute atomic E-state index is 0.191. The lowest BCUT2D eigenvalue weighted by atomic mass is 10.1. The third-order valence-corrected chi connectivity index (χ3v) is 4.64. The van der Waals surface area contributed by atoms with Crippen molar-refractivity contribution in [1.29, 1.82) is 0 Å². The van der Waals surface area contributed by atoms with Crippen LogP contribution < -0.4 is 19.7 Å². The molecular formula is C20H23N3O4. The molecule has 1 fully saturated rings. The van der Waals surface area contributed by atoms with Gasteiger partial charge < -0.3 is 24.4 Å². The van der Waals surface area contributed by atoms with Crippen LogP contribution in [0.25, 0.3) is 0 Å². The van der Waals surface area contributed by atoms with E-state index in [4.69, 9.17) is 14.2 Å². The molecule has 1 atom stereocenters. The lowest BCUT2D eigenvalue weighted by Gasteiger charge is -2.32. The molecule has 1 aromatic carbocycles. The van der Waals surface area contributed by atoms with Crippen molar-refractivity contribution >= 4 is 11.7 Å². The maximum Gasteiger partial charge on any atom is 0.255 e. The summed E-state index contributed by atoms with van der Waals surface area (Å²) in [5.74, 6) is 1.86. The summed E-state index contributed by atoms with van der Waals surface area (Å²) in [6.45, 7) is 5.80. The predicted octanol–water partition coefficient (Wildman–Crippen LogP) is 2.01. The van der Waals surface area contributed by atoms with Crippen molar-refractivity contribution in [2.45, 2.75) is 19.6 Å². The van der Waals surface area contributed by atoms with Crippen LogP contribution in [-0.4, -0.2) is 49.9 Å². The zero-order chi connectivity index (χ0) is 18.6. The third-order valence-electron chi connectivity index (χ3n) is 4.64. The average molecular weight is 369 g/mol. The van der Waals surface area contributed by atoms with E-state index in [-0.39, 0.29) is 12.0 Å². The van der Waals surface area contributed by atoms with Gasteiger partial charge in [0.1, 0.15) is 19.0 Å². The molecule has 1 unspecified atom stereocenters. The Balaban J connectivity index is 1.38. The first kappa shape index (κ1) is 17.6. The number of rotatable bonds is 4. The molecule has 7 heteroatoms. The number of nitrogens with zero attached hydrogens (tertiary/aromatic N) is 2. The molecule has 1 N–H and O–H groups in total. The largest absolute Gasteiger partial charge is 0.486 e. The van der Waals surface area contributed by atoms with Gasteiger partial charge in [0.2, 0.25) is 0 Å². The fraction of sp³-hybridized carbons (Fsp3) is 0.400. The Kier molecular flexibility index (Phi) is 5.11. The van der Waals surface area contributed by atoms with Crippen molar-refractivity contribution in [3.8, 4) is 11.5 Å². The lowest BCUT2D eigenvalue weighted by Crippen LogP contribution is -2.41. The van der Waals surface area contributed by atoms with Crippen LogP contribution in [0.1, 0.15) is 22.8 Å². The first-order valence-electron chi connectivity index (χ1n) is 9.19. The maximum absolute atomic E-state index is 12.6. The van der Waals surface area contributed by atoms with Crippen LogP contribution >= 0.6 is 0 Å². The molecule has 1 aromatic heterocycles. The lowest BCUT2D eigenvalue weighted by molar-refractivity contribution is 0.0529. The minimum atomic E-state index is -0.191. The van der Waals surface area contributed by atoms with Gasteiger partial charge in [0.25, 0.3) is 5.91 Å². The van der Waals surface area contributed by atoms with E-state index in [9.17, 15) is 4.79 Å². The second-order valence-electron chi connectivity index (χ2n) is 6.66. The highest BCUT2D eigenvalue weighted by Gasteiger charge is 2.20. The number of anilines is 1. The number of hydrogen-bond acceptors (Lipinski definition) is 6. The molecular weight excluding hydrogens is 346 g/mol. The Labute approximate surface area is 158 Å². The van der Waals surface area contributed by atoms with Gasteiger partial charge in [0.05, 0.1) is 18.3 Å². The fourth-order valence-corrected chi connectivity index (χ4v) is 3.26. The van der Waals surface area contributed by atoms with E-state index in [1.54, 1.807) is 24.4 Å². The van der Waals surface area contributed by atoms with Gasteiger partial charge in [-0.15, -0.1) is 0 Å². The van der Waals surface area contributed by atoms with Crippen LogP contribution in [0.5, 0.6) is 11.5 Å². The summed E-state index contributed by atoms with van der Waals surface area (Å²) in [6, 6.07) is 9.32. The van der Waals surface area contributed by atoms with E-state index in [1.165, 1.54) is 0 Å². The number of pyridine rings is 1. The number of benzene rings is 1. The molecule has 27 heavy (non-hydrogen) atoms. The molecule has 142 valence electrons. The average Bonchev–Trinajstić information content (AvgIpc) is 2.72. The van der Waals surface area contributed by atoms with Gasteiger partial charge >= 0.3 is 0 Å². The highest BCUT2D eigenvalue weighted by molar-refractivity contribution is 5.97. The number of carbonyl (C=O) groups is 1. The van der Waals surface area contributed by atoms with E-state index < -0.39 is 0 Å². The number of aromatic nitrogens is 1. The molecule has 0 aliphatic carbocycles. The minimum Gasteiger partial charge on any atom is -0.486 e. The topological polar surface area (TPSA) is 72.9 Å². The molecule has 0 spiro atoms. The summed E-state index contributed by atoms with van der Waals surface area (Å²) in [6.07, 6.45) is 2.01. The first-order chi connectivity index (χ1) is 13.2. The highest BCUT2D eigenvalue weighted by Crippen LogP contribution is 2.33. The van der Waals surface area contributed by atoms with E-state index in [1.807, 2.05) is 12.1 Å². The number of ether oxygens (including phenoxy) is 3. The summed E-state index contributed by atoms with van der Waals surface area (Å²) in [4.78, 5) is 19.3. The fourth-order valence-electron chi connectivity index (χ4n) is 3.26. The molecule has 0 radical (unpaired) electrons. The first-order valence-corrected chi connectivity index (χ1v) is 9.19. The van der Waals surface area contributed by atoms with Gasteiger partial charge in [-0.05, 0) is 30.7 Å². The molecule has 2 aromatic rings.